The maximum absolute atomic E-state index is 13.0. The van der Waals surface area contributed by atoms with Crippen LogP contribution in [0.1, 0.15) is 23.8 Å². The lowest BCUT2D eigenvalue weighted by molar-refractivity contribution is -0.119. The molecular formula is C13H11FN2O4. The monoisotopic (exact) mass is 278 g/mol. The molecular weight excluding hydrogens is 267 g/mol. The maximum atomic E-state index is 13.0. The number of aromatic amines is 1. The van der Waals surface area contributed by atoms with Crippen LogP contribution in [0.25, 0.3) is 0 Å². The van der Waals surface area contributed by atoms with Crippen LogP contribution in [0.4, 0.5) is 4.39 Å². The molecule has 0 saturated heterocycles. The second kappa shape index (κ2) is 4.92. The standard InChI is InChI=1S/C13H11FN2O4/c14-8-1-2-10-7(6-19-11(10)4-8)3-9(17)5-12-15-16-13(18)20-12/h1-2,4,7H,3,5-6H2,(H,16,18)/t7-/m0/s1. The Kier molecular flexibility index (Phi) is 3.09. The molecule has 0 unspecified atom stereocenters. The Bertz CT molecular complexity index is 706. The maximum Gasteiger partial charge on any atom is 0.434 e. The zero-order valence-electron chi connectivity index (χ0n) is 10.4. The number of carbonyl (C=O) groups is 1. The first-order valence-electron chi connectivity index (χ1n) is 6.10. The highest BCUT2D eigenvalue weighted by Crippen LogP contribution is 2.36. The number of halogens is 1. The van der Waals surface area contributed by atoms with Crippen molar-refractivity contribution in [2.45, 2.75) is 18.8 Å². The lowest BCUT2D eigenvalue weighted by Crippen LogP contribution is -2.11. The largest absolute Gasteiger partial charge is 0.493 e. The molecule has 20 heavy (non-hydrogen) atoms. The number of H-pyrrole nitrogens is 1. The quantitative estimate of drug-likeness (QED) is 0.907. The molecule has 0 radical (unpaired) electrons. The molecule has 104 valence electrons. The Morgan fingerprint density at radius 1 is 1.50 bits per heavy atom. The molecule has 1 atom stereocenters. The fourth-order valence-corrected chi connectivity index (χ4v) is 2.27. The minimum atomic E-state index is -0.683. The fraction of sp³-hybridized carbons (Fsp3) is 0.308. The lowest BCUT2D eigenvalue weighted by atomic mass is 9.95. The van der Waals surface area contributed by atoms with Gasteiger partial charge in [-0.2, -0.15) is 0 Å². The van der Waals surface area contributed by atoms with E-state index in [1.54, 1.807) is 6.07 Å². The molecule has 0 saturated carbocycles. The van der Waals surface area contributed by atoms with Crippen molar-refractivity contribution in [3.8, 4) is 5.75 Å². The summed E-state index contributed by atoms with van der Waals surface area (Å²) in [6.07, 6.45) is 0.182. The molecule has 1 N–H and O–H groups in total. The summed E-state index contributed by atoms with van der Waals surface area (Å²) in [6.45, 7) is 0.342. The van der Waals surface area contributed by atoms with E-state index >= 15 is 0 Å². The summed E-state index contributed by atoms with van der Waals surface area (Å²) in [4.78, 5) is 22.7. The minimum absolute atomic E-state index is 0.0498. The van der Waals surface area contributed by atoms with Crippen LogP contribution in [0.2, 0.25) is 0 Å². The average molecular weight is 278 g/mol. The normalized spacial score (nSPS) is 16.8. The molecule has 1 aliphatic heterocycles. The number of carbonyl (C=O) groups excluding carboxylic acids is 1. The van der Waals surface area contributed by atoms with Gasteiger partial charge >= 0.3 is 5.76 Å². The number of aromatic nitrogens is 2. The van der Waals surface area contributed by atoms with Gasteiger partial charge in [0.05, 0.1) is 13.0 Å². The molecule has 1 aromatic heterocycles. The molecule has 0 amide bonds. The summed E-state index contributed by atoms with van der Waals surface area (Å²) >= 11 is 0. The van der Waals surface area contributed by atoms with Crippen molar-refractivity contribution in [2.75, 3.05) is 6.61 Å². The first-order valence-corrected chi connectivity index (χ1v) is 6.10. The zero-order chi connectivity index (χ0) is 14.1. The van der Waals surface area contributed by atoms with Gasteiger partial charge in [0.1, 0.15) is 17.3 Å². The number of hydrogen-bond donors (Lipinski definition) is 1. The van der Waals surface area contributed by atoms with Crippen molar-refractivity contribution in [1.29, 1.82) is 0 Å². The van der Waals surface area contributed by atoms with Crippen LogP contribution in [0, 0.1) is 5.82 Å². The van der Waals surface area contributed by atoms with Crippen LogP contribution in [-0.2, 0) is 11.2 Å². The summed E-state index contributed by atoms with van der Waals surface area (Å²) in [6, 6.07) is 4.29. The van der Waals surface area contributed by atoms with Crippen molar-refractivity contribution in [2.24, 2.45) is 0 Å². The fourth-order valence-electron chi connectivity index (χ4n) is 2.27. The number of ether oxygens (including phenoxy) is 1. The Balaban J connectivity index is 1.68. The average Bonchev–Trinajstić information content (AvgIpc) is 2.96. The summed E-state index contributed by atoms with van der Waals surface area (Å²) in [5.41, 5.74) is 0.822. The number of nitrogens with zero attached hydrogens (tertiary/aromatic N) is 1. The van der Waals surface area contributed by atoms with Crippen molar-refractivity contribution in [3.63, 3.8) is 0 Å². The van der Waals surface area contributed by atoms with Gasteiger partial charge in [-0.25, -0.2) is 14.3 Å². The zero-order valence-corrected chi connectivity index (χ0v) is 10.4. The third-order valence-corrected chi connectivity index (χ3v) is 3.16. The van der Waals surface area contributed by atoms with Crippen LogP contribution in [0.15, 0.2) is 27.4 Å². The second-order valence-corrected chi connectivity index (χ2v) is 4.62. The lowest BCUT2D eigenvalue weighted by Gasteiger charge is -2.06. The van der Waals surface area contributed by atoms with Crippen LogP contribution >= 0.6 is 0 Å². The molecule has 3 rings (SSSR count). The molecule has 0 aliphatic carbocycles. The van der Waals surface area contributed by atoms with Gasteiger partial charge in [0.25, 0.3) is 0 Å². The van der Waals surface area contributed by atoms with Gasteiger partial charge in [-0.1, -0.05) is 6.07 Å². The van der Waals surface area contributed by atoms with Crippen LogP contribution in [0.5, 0.6) is 5.75 Å². The van der Waals surface area contributed by atoms with Gasteiger partial charge in [-0.3, -0.25) is 4.79 Å². The number of benzene rings is 1. The highest BCUT2D eigenvalue weighted by molar-refractivity contribution is 5.81. The molecule has 0 bridgehead atoms. The molecule has 2 heterocycles. The van der Waals surface area contributed by atoms with Gasteiger partial charge < -0.3 is 9.15 Å². The van der Waals surface area contributed by atoms with Crippen LogP contribution < -0.4 is 10.5 Å². The van der Waals surface area contributed by atoms with E-state index in [4.69, 9.17) is 4.74 Å². The first kappa shape index (κ1) is 12.6. The van der Waals surface area contributed by atoms with Gasteiger partial charge in [-0.15, -0.1) is 5.10 Å². The number of ketones is 1. The van der Waals surface area contributed by atoms with E-state index < -0.39 is 5.76 Å². The van der Waals surface area contributed by atoms with E-state index in [0.717, 1.165) is 5.56 Å². The Labute approximate surface area is 112 Å². The van der Waals surface area contributed by atoms with E-state index in [9.17, 15) is 14.0 Å². The summed E-state index contributed by atoms with van der Waals surface area (Å²) < 4.78 is 23.1. The Morgan fingerprint density at radius 2 is 2.35 bits per heavy atom. The summed E-state index contributed by atoms with van der Waals surface area (Å²) in [7, 11) is 0. The third-order valence-electron chi connectivity index (χ3n) is 3.16. The number of rotatable bonds is 4. The van der Waals surface area contributed by atoms with E-state index in [1.807, 2.05) is 0 Å². The van der Waals surface area contributed by atoms with Gasteiger partial charge in [0.2, 0.25) is 5.89 Å². The topological polar surface area (TPSA) is 85.2 Å². The van der Waals surface area contributed by atoms with E-state index in [2.05, 4.69) is 14.6 Å². The molecule has 1 aromatic carbocycles. The Hall–Kier alpha value is -2.44. The third kappa shape index (κ3) is 2.47. The molecule has 7 heteroatoms. The molecule has 6 nitrogen and oxygen atoms in total. The number of fused-ring (bicyclic) bond motifs is 1. The minimum Gasteiger partial charge on any atom is -0.493 e. The molecule has 2 aromatic rings. The van der Waals surface area contributed by atoms with Crippen LogP contribution in [0.3, 0.4) is 0 Å². The summed E-state index contributed by atoms with van der Waals surface area (Å²) in [5.74, 6) is -0.728. The van der Waals surface area contributed by atoms with Crippen molar-refractivity contribution in [3.05, 3.63) is 46.0 Å². The predicted molar refractivity (Wildman–Crippen MR) is 65.1 cm³/mol. The van der Waals surface area contributed by atoms with Crippen molar-refractivity contribution >= 4 is 5.78 Å². The number of hydrogen-bond acceptors (Lipinski definition) is 5. The number of nitrogens with one attached hydrogen (secondary N) is 1. The highest BCUT2D eigenvalue weighted by atomic mass is 19.1. The van der Waals surface area contributed by atoms with E-state index in [-0.39, 0.29) is 36.3 Å². The van der Waals surface area contributed by atoms with Gasteiger partial charge in [0, 0.05) is 24.0 Å². The highest BCUT2D eigenvalue weighted by Gasteiger charge is 2.27. The van der Waals surface area contributed by atoms with Crippen molar-refractivity contribution < 1.29 is 18.3 Å². The van der Waals surface area contributed by atoms with Gasteiger partial charge in [0.15, 0.2) is 0 Å². The molecule has 0 spiro atoms. The van der Waals surface area contributed by atoms with Crippen molar-refractivity contribution in [1.82, 2.24) is 10.2 Å². The van der Waals surface area contributed by atoms with Gasteiger partial charge in [-0.05, 0) is 6.07 Å². The van der Waals surface area contributed by atoms with Crippen LogP contribution in [-0.4, -0.2) is 22.6 Å². The van der Waals surface area contributed by atoms with E-state index in [1.165, 1.54) is 12.1 Å². The second-order valence-electron chi connectivity index (χ2n) is 4.62. The molecule has 0 fully saturated rings. The molecule has 1 aliphatic rings. The SMILES string of the molecule is O=C(Cc1n[nH]c(=O)o1)C[C@H]1COc2cc(F)ccc21. The Morgan fingerprint density at radius 3 is 3.10 bits per heavy atom. The van der Waals surface area contributed by atoms with E-state index in [0.29, 0.717) is 12.4 Å². The smallest absolute Gasteiger partial charge is 0.434 e. The number of Topliss-reactive ketones (excluding diaryl/α,β-unsaturated/α-hetero) is 1. The first-order chi connectivity index (χ1) is 9.61. The predicted octanol–water partition coefficient (Wildman–Crippen LogP) is 1.18. The summed E-state index contributed by atoms with van der Waals surface area (Å²) in [5, 5.41) is 5.68.